The lowest BCUT2D eigenvalue weighted by Crippen LogP contribution is -2.68. The second kappa shape index (κ2) is 7.15. The molecule has 2 amide bonds. The highest BCUT2D eigenvalue weighted by Gasteiger charge is 2.51. The Bertz CT molecular complexity index is 1020. The molecule has 0 saturated carbocycles. The molecule has 1 aromatic carbocycles. The van der Waals surface area contributed by atoms with Crippen LogP contribution in [-0.4, -0.2) is 54.0 Å². The lowest BCUT2D eigenvalue weighted by atomic mass is 9.72. The van der Waals surface area contributed by atoms with E-state index in [9.17, 15) is 9.59 Å². The number of pyridine rings is 1. The van der Waals surface area contributed by atoms with Gasteiger partial charge in [0.2, 0.25) is 11.8 Å². The number of hydrogen-bond donors (Lipinski definition) is 1. The second-order valence-electron chi connectivity index (χ2n) is 8.92. The Morgan fingerprint density at radius 1 is 1.27 bits per heavy atom. The maximum Gasteiger partial charge on any atom is 0.240 e. The van der Waals surface area contributed by atoms with Crippen molar-refractivity contribution in [2.75, 3.05) is 25.1 Å². The zero-order chi connectivity index (χ0) is 21.0. The number of rotatable bonds is 3. The van der Waals surface area contributed by atoms with Crippen molar-refractivity contribution in [2.24, 2.45) is 17.6 Å². The number of amides is 2. The number of fused-ring (bicyclic) bond motifs is 5. The van der Waals surface area contributed by atoms with Crippen LogP contribution < -0.4 is 15.4 Å². The van der Waals surface area contributed by atoms with Gasteiger partial charge in [0.05, 0.1) is 7.11 Å². The molecule has 0 spiro atoms. The molecule has 30 heavy (non-hydrogen) atoms. The number of nitrogens with two attached hydrogens (primary N) is 1. The standard InChI is InChI=1S/C23H28N4O3/c1-13-9-19(25-21-16(13)5-3-7-18(21)30-2)26-11-14-10-15(12-26)22(23(24)29)27-17(14)6-4-8-20(27)28/h3,5,7,9,14-15,17,22H,4,6,8,10-12H2,1-2H3,(H2,24,29)/t14-,15+,17+,22-/m1/s1. The number of carbonyl (C=O) groups is 2. The van der Waals surface area contributed by atoms with Gasteiger partial charge in [-0.05, 0) is 49.8 Å². The van der Waals surface area contributed by atoms with Crippen molar-refractivity contribution in [3.05, 3.63) is 29.8 Å². The van der Waals surface area contributed by atoms with Crippen LogP contribution in [0.15, 0.2) is 24.3 Å². The number of primary amides is 1. The first-order valence-corrected chi connectivity index (χ1v) is 10.8. The number of benzene rings is 1. The maximum absolute atomic E-state index is 12.7. The number of anilines is 1. The lowest BCUT2D eigenvalue weighted by Gasteiger charge is -2.55. The molecule has 7 heteroatoms. The number of nitrogens with zero attached hydrogens (tertiary/aromatic N) is 3. The summed E-state index contributed by atoms with van der Waals surface area (Å²) in [5, 5.41) is 1.08. The molecule has 2 bridgehead atoms. The van der Waals surface area contributed by atoms with Gasteiger partial charge in [-0.3, -0.25) is 9.59 Å². The number of methoxy groups -OCH3 is 1. The first-order chi connectivity index (χ1) is 14.5. The minimum Gasteiger partial charge on any atom is -0.494 e. The van der Waals surface area contributed by atoms with E-state index in [0.717, 1.165) is 53.8 Å². The Morgan fingerprint density at radius 3 is 2.83 bits per heavy atom. The Kier molecular flexibility index (Phi) is 4.56. The van der Waals surface area contributed by atoms with Crippen LogP contribution in [0, 0.1) is 18.8 Å². The fourth-order valence-electron chi connectivity index (χ4n) is 5.91. The summed E-state index contributed by atoms with van der Waals surface area (Å²) in [5.74, 6) is 1.73. The Balaban J connectivity index is 1.54. The lowest BCUT2D eigenvalue weighted by molar-refractivity contribution is -0.155. The predicted molar refractivity (Wildman–Crippen MR) is 114 cm³/mol. The summed E-state index contributed by atoms with van der Waals surface area (Å²) in [6, 6.07) is 7.66. The van der Waals surface area contributed by atoms with E-state index in [1.807, 2.05) is 17.0 Å². The third kappa shape index (κ3) is 2.90. The van der Waals surface area contributed by atoms with E-state index in [0.29, 0.717) is 18.9 Å². The van der Waals surface area contributed by atoms with Gasteiger partial charge in [0.1, 0.15) is 23.1 Å². The molecule has 3 aliphatic heterocycles. The average molecular weight is 409 g/mol. The van der Waals surface area contributed by atoms with Gasteiger partial charge in [-0.15, -0.1) is 0 Å². The molecule has 1 aromatic heterocycles. The zero-order valence-corrected chi connectivity index (χ0v) is 17.5. The van der Waals surface area contributed by atoms with E-state index in [1.165, 1.54) is 0 Å². The third-order valence-corrected chi connectivity index (χ3v) is 7.17. The minimum atomic E-state index is -0.516. The van der Waals surface area contributed by atoms with E-state index in [1.54, 1.807) is 7.11 Å². The molecular formula is C23H28N4O3. The van der Waals surface area contributed by atoms with E-state index < -0.39 is 6.04 Å². The summed E-state index contributed by atoms with van der Waals surface area (Å²) >= 11 is 0. The number of aryl methyl sites for hydroxylation is 1. The smallest absolute Gasteiger partial charge is 0.240 e. The molecule has 5 rings (SSSR count). The number of carbonyl (C=O) groups excluding carboxylic acids is 2. The fraction of sp³-hybridized carbons (Fsp3) is 0.522. The first-order valence-electron chi connectivity index (χ1n) is 10.8. The van der Waals surface area contributed by atoms with Gasteiger partial charge in [-0.1, -0.05) is 12.1 Å². The summed E-state index contributed by atoms with van der Waals surface area (Å²) in [5.41, 5.74) is 7.81. The van der Waals surface area contributed by atoms with Gasteiger partial charge >= 0.3 is 0 Å². The van der Waals surface area contributed by atoms with E-state index >= 15 is 0 Å². The molecule has 0 radical (unpaired) electrons. The molecular weight excluding hydrogens is 380 g/mol. The van der Waals surface area contributed by atoms with Crippen LogP contribution >= 0.6 is 0 Å². The van der Waals surface area contributed by atoms with Gasteiger partial charge in [-0.2, -0.15) is 0 Å². The number of para-hydroxylation sites is 1. The van der Waals surface area contributed by atoms with Gasteiger partial charge < -0.3 is 20.3 Å². The van der Waals surface area contributed by atoms with Crippen LogP contribution in [-0.2, 0) is 9.59 Å². The monoisotopic (exact) mass is 408 g/mol. The summed E-state index contributed by atoms with van der Waals surface area (Å²) in [6.07, 6.45) is 3.29. The predicted octanol–water partition coefficient (Wildman–Crippen LogP) is 2.24. The number of hydrogen-bond acceptors (Lipinski definition) is 5. The second-order valence-corrected chi connectivity index (χ2v) is 8.92. The van der Waals surface area contributed by atoms with Crippen molar-refractivity contribution in [3.63, 3.8) is 0 Å². The topological polar surface area (TPSA) is 88.8 Å². The highest BCUT2D eigenvalue weighted by Crippen LogP contribution is 2.42. The van der Waals surface area contributed by atoms with Crippen LogP contribution in [0.3, 0.4) is 0 Å². The molecule has 2 N–H and O–H groups in total. The van der Waals surface area contributed by atoms with Crippen LogP contribution in [0.5, 0.6) is 5.75 Å². The van der Waals surface area contributed by atoms with Crippen molar-refractivity contribution in [2.45, 2.75) is 44.7 Å². The molecule has 158 valence electrons. The fourth-order valence-corrected chi connectivity index (χ4v) is 5.91. The minimum absolute atomic E-state index is 0.0371. The Hall–Kier alpha value is -2.83. The quantitative estimate of drug-likeness (QED) is 0.841. The van der Waals surface area contributed by atoms with Gasteiger partial charge in [0.25, 0.3) is 0 Å². The van der Waals surface area contributed by atoms with E-state index in [2.05, 4.69) is 24.0 Å². The van der Waals surface area contributed by atoms with Crippen molar-refractivity contribution < 1.29 is 14.3 Å². The van der Waals surface area contributed by atoms with Crippen molar-refractivity contribution in [1.82, 2.24) is 9.88 Å². The molecule has 4 atom stereocenters. The molecule has 7 nitrogen and oxygen atoms in total. The largest absolute Gasteiger partial charge is 0.494 e. The summed E-state index contributed by atoms with van der Waals surface area (Å²) in [6.45, 7) is 3.60. The Morgan fingerprint density at radius 2 is 2.07 bits per heavy atom. The summed E-state index contributed by atoms with van der Waals surface area (Å²) < 4.78 is 5.54. The third-order valence-electron chi connectivity index (χ3n) is 7.17. The number of aromatic nitrogens is 1. The molecule has 3 saturated heterocycles. The normalized spacial score (nSPS) is 28.4. The Labute approximate surface area is 176 Å². The maximum atomic E-state index is 12.7. The average Bonchev–Trinajstić information content (AvgIpc) is 2.73. The van der Waals surface area contributed by atoms with Crippen LogP contribution in [0.2, 0.25) is 0 Å². The van der Waals surface area contributed by atoms with E-state index in [-0.39, 0.29) is 23.8 Å². The van der Waals surface area contributed by atoms with Crippen molar-refractivity contribution in [3.8, 4) is 5.75 Å². The van der Waals surface area contributed by atoms with Gasteiger partial charge in [0.15, 0.2) is 0 Å². The van der Waals surface area contributed by atoms with Gasteiger partial charge in [0, 0.05) is 36.9 Å². The molecule has 3 fully saturated rings. The molecule has 2 aromatic rings. The van der Waals surface area contributed by atoms with Crippen molar-refractivity contribution >= 4 is 28.5 Å². The van der Waals surface area contributed by atoms with Crippen LogP contribution in [0.25, 0.3) is 10.9 Å². The van der Waals surface area contributed by atoms with E-state index in [4.69, 9.17) is 15.5 Å². The van der Waals surface area contributed by atoms with Crippen molar-refractivity contribution in [1.29, 1.82) is 0 Å². The molecule has 0 aliphatic carbocycles. The van der Waals surface area contributed by atoms with Gasteiger partial charge in [-0.25, -0.2) is 4.98 Å². The molecule has 3 aliphatic rings. The summed E-state index contributed by atoms with van der Waals surface area (Å²) in [7, 11) is 1.66. The zero-order valence-electron chi connectivity index (χ0n) is 17.5. The SMILES string of the molecule is COc1cccc2c(C)cc(N3C[C@H]4C[C@@H](C3)[C@H](C(N)=O)N3C(=O)CCC[C@@H]43)nc12. The molecule has 4 heterocycles. The number of piperidine rings is 3. The summed E-state index contributed by atoms with van der Waals surface area (Å²) in [4.78, 5) is 34.1. The highest BCUT2D eigenvalue weighted by molar-refractivity contribution is 5.89. The highest BCUT2D eigenvalue weighted by atomic mass is 16.5. The number of ether oxygens (including phenoxy) is 1. The molecule has 0 unspecified atom stereocenters. The van der Waals surface area contributed by atoms with Crippen LogP contribution in [0.4, 0.5) is 5.82 Å². The first kappa shape index (κ1) is 19.2. The van der Waals surface area contributed by atoms with Crippen LogP contribution in [0.1, 0.15) is 31.2 Å².